The Morgan fingerprint density at radius 1 is 0.952 bits per heavy atom. The Hall–Kier alpha value is -1.58. The lowest BCUT2D eigenvalue weighted by atomic mass is 10.1. The van der Waals surface area contributed by atoms with Crippen LogP contribution in [0.4, 0.5) is 0 Å². The van der Waals surface area contributed by atoms with Crippen LogP contribution in [0.15, 0.2) is 21.4 Å². The number of aromatic nitrogens is 2. The Labute approximate surface area is 129 Å². The molecule has 2 aromatic rings. The topological polar surface area (TPSA) is 52.1 Å². The lowest BCUT2D eigenvalue weighted by Crippen LogP contribution is -1.89. The molecule has 21 heavy (non-hydrogen) atoms. The second-order valence-corrected chi connectivity index (χ2v) is 4.98. The van der Waals surface area contributed by atoms with Crippen molar-refractivity contribution in [3.05, 3.63) is 35.0 Å². The average molecular weight is 296 g/mol. The molecule has 4 heteroatoms. The molecular weight excluding hydrogens is 264 g/mol. The van der Waals surface area contributed by atoms with Crippen LogP contribution in [-0.2, 0) is 0 Å². The second kappa shape index (κ2) is 11.1. The van der Waals surface area contributed by atoms with Crippen LogP contribution in [0, 0.1) is 13.8 Å². The van der Waals surface area contributed by atoms with Crippen LogP contribution in [-0.4, -0.2) is 10.3 Å². The molecule has 2 rings (SSSR count). The first kappa shape index (κ1) is 21.7. The summed E-state index contributed by atoms with van der Waals surface area (Å²) in [5.41, 5.74) is 3.29. The predicted octanol–water partition coefficient (Wildman–Crippen LogP) is 5.88. The van der Waals surface area contributed by atoms with Gasteiger partial charge in [-0.05, 0) is 25.7 Å². The monoisotopic (exact) mass is 296 g/mol. The van der Waals surface area contributed by atoms with E-state index >= 15 is 0 Å². The molecule has 0 saturated heterocycles. The molecule has 0 saturated carbocycles. The molecule has 0 bridgehead atoms. The third-order valence-corrected chi connectivity index (χ3v) is 2.79. The Morgan fingerprint density at radius 2 is 1.52 bits per heavy atom. The maximum absolute atomic E-state index is 5.01. The highest BCUT2D eigenvalue weighted by Gasteiger charge is 2.10. The Kier molecular flexibility index (Phi) is 11.5. The molecule has 0 spiro atoms. The maximum atomic E-state index is 5.01. The molecule has 122 valence electrons. The molecule has 0 aliphatic heterocycles. The Morgan fingerprint density at radius 3 is 1.71 bits per heavy atom. The predicted molar refractivity (Wildman–Crippen MR) is 88.7 cm³/mol. The fraction of sp³-hybridized carbons (Fsp3) is 0.647. The summed E-state index contributed by atoms with van der Waals surface area (Å²) in [5.74, 6) is 1.88. The van der Waals surface area contributed by atoms with Gasteiger partial charge in [0.25, 0.3) is 0 Å². The smallest absolute Gasteiger partial charge is 0.136 e. The van der Waals surface area contributed by atoms with Gasteiger partial charge in [-0.25, -0.2) is 0 Å². The van der Waals surface area contributed by atoms with Crippen molar-refractivity contribution in [2.24, 2.45) is 0 Å². The standard InChI is InChI=1S/C8H13NO.C6H9NO.C2H6.CH4/c1-5(2)8-6(3)7(4)10-9-8;1-5(2)6-3-4-8-7-6;1-2;/h5H,1-4H3;3-5H,1-2H3;1-2H3;1H4. The minimum Gasteiger partial charge on any atom is -0.365 e. The first-order chi connectivity index (χ1) is 9.43. The van der Waals surface area contributed by atoms with Crippen LogP contribution in [0.3, 0.4) is 0 Å². The van der Waals surface area contributed by atoms with Crippen LogP contribution >= 0.6 is 0 Å². The number of hydrogen-bond donors (Lipinski definition) is 0. The highest BCUT2D eigenvalue weighted by Crippen LogP contribution is 2.19. The van der Waals surface area contributed by atoms with E-state index in [9.17, 15) is 0 Å². The molecule has 0 fully saturated rings. The summed E-state index contributed by atoms with van der Waals surface area (Å²) in [7, 11) is 0. The van der Waals surface area contributed by atoms with Crippen molar-refractivity contribution in [1.29, 1.82) is 0 Å². The molecule has 2 heterocycles. The molecule has 0 aliphatic carbocycles. The first-order valence-electron chi connectivity index (χ1n) is 7.26. The highest BCUT2D eigenvalue weighted by atomic mass is 16.5. The van der Waals surface area contributed by atoms with Crippen LogP contribution in [0.1, 0.15) is 83.5 Å². The Balaban J connectivity index is 0. The normalized spacial score (nSPS) is 9.43. The zero-order valence-corrected chi connectivity index (χ0v) is 14.0. The van der Waals surface area contributed by atoms with Gasteiger partial charge >= 0.3 is 0 Å². The van der Waals surface area contributed by atoms with Gasteiger partial charge < -0.3 is 9.05 Å². The second-order valence-electron chi connectivity index (χ2n) is 4.98. The van der Waals surface area contributed by atoms with E-state index in [-0.39, 0.29) is 7.43 Å². The summed E-state index contributed by atoms with van der Waals surface area (Å²) in [6.45, 7) is 16.4. The molecule has 0 radical (unpaired) electrons. The molecular formula is C17H32N2O2. The minimum absolute atomic E-state index is 0. The van der Waals surface area contributed by atoms with E-state index in [0.29, 0.717) is 11.8 Å². The number of aryl methyl sites for hydroxylation is 1. The molecule has 0 aliphatic rings. The number of hydrogen-bond acceptors (Lipinski definition) is 4. The van der Waals surface area contributed by atoms with Gasteiger partial charge in [0.05, 0.1) is 11.4 Å². The zero-order chi connectivity index (χ0) is 15.7. The van der Waals surface area contributed by atoms with E-state index in [0.717, 1.165) is 17.1 Å². The van der Waals surface area contributed by atoms with Gasteiger partial charge in [0.2, 0.25) is 0 Å². The summed E-state index contributed by atoms with van der Waals surface area (Å²) >= 11 is 0. The van der Waals surface area contributed by atoms with Gasteiger partial charge in [-0.3, -0.25) is 0 Å². The third-order valence-electron chi connectivity index (χ3n) is 2.79. The summed E-state index contributed by atoms with van der Waals surface area (Å²) in [5, 5.41) is 7.68. The fourth-order valence-corrected chi connectivity index (χ4v) is 1.49. The largest absolute Gasteiger partial charge is 0.365 e. The summed E-state index contributed by atoms with van der Waals surface area (Å²) < 4.78 is 9.63. The van der Waals surface area contributed by atoms with E-state index < -0.39 is 0 Å². The fourth-order valence-electron chi connectivity index (χ4n) is 1.49. The highest BCUT2D eigenvalue weighted by molar-refractivity contribution is 5.22. The van der Waals surface area contributed by atoms with Gasteiger partial charge in [-0.1, -0.05) is 59.3 Å². The summed E-state index contributed by atoms with van der Waals surface area (Å²) in [4.78, 5) is 0. The van der Waals surface area contributed by atoms with Gasteiger partial charge in [-0.15, -0.1) is 0 Å². The van der Waals surface area contributed by atoms with Crippen molar-refractivity contribution in [3.63, 3.8) is 0 Å². The zero-order valence-electron chi connectivity index (χ0n) is 14.0. The van der Waals surface area contributed by atoms with Crippen molar-refractivity contribution in [2.45, 2.75) is 74.7 Å². The first-order valence-corrected chi connectivity index (χ1v) is 7.26. The quantitative estimate of drug-likeness (QED) is 0.694. The molecule has 4 nitrogen and oxygen atoms in total. The summed E-state index contributed by atoms with van der Waals surface area (Å²) in [6, 6.07) is 1.88. The van der Waals surface area contributed by atoms with Gasteiger partial charge in [0.1, 0.15) is 12.0 Å². The van der Waals surface area contributed by atoms with Gasteiger partial charge in [-0.2, -0.15) is 0 Å². The van der Waals surface area contributed by atoms with Gasteiger partial charge in [0, 0.05) is 11.6 Å². The van der Waals surface area contributed by atoms with Crippen LogP contribution in [0.25, 0.3) is 0 Å². The van der Waals surface area contributed by atoms with E-state index in [1.54, 1.807) is 6.26 Å². The lowest BCUT2D eigenvalue weighted by Gasteiger charge is -1.97. The minimum atomic E-state index is 0. The molecule has 0 amide bonds. The Bertz CT molecular complexity index is 457. The maximum Gasteiger partial charge on any atom is 0.136 e. The number of rotatable bonds is 2. The number of nitrogens with zero attached hydrogens (tertiary/aromatic N) is 2. The SMILES string of the molecule is C.CC.CC(C)c1ccon1.Cc1onc(C(C)C)c1C. The molecule has 0 N–H and O–H groups in total. The lowest BCUT2D eigenvalue weighted by molar-refractivity contribution is 0.387. The van der Waals surface area contributed by atoms with Crippen molar-refractivity contribution in [2.75, 3.05) is 0 Å². The van der Waals surface area contributed by atoms with Crippen LogP contribution < -0.4 is 0 Å². The van der Waals surface area contributed by atoms with Crippen molar-refractivity contribution in [1.82, 2.24) is 10.3 Å². The molecule has 0 unspecified atom stereocenters. The van der Waals surface area contributed by atoms with E-state index in [1.807, 2.05) is 33.8 Å². The molecule has 0 atom stereocenters. The summed E-state index contributed by atoms with van der Waals surface area (Å²) in [6.07, 6.45) is 1.59. The van der Waals surface area contributed by atoms with Crippen LogP contribution in [0.2, 0.25) is 0 Å². The average Bonchev–Trinajstić information content (AvgIpc) is 3.04. The van der Waals surface area contributed by atoms with E-state index in [1.165, 1.54) is 5.56 Å². The third kappa shape index (κ3) is 7.11. The van der Waals surface area contributed by atoms with Crippen LogP contribution in [0.5, 0.6) is 0 Å². The van der Waals surface area contributed by atoms with Gasteiger partial charge in [0.15, 0.2) is 0 Å². The van der Waals surface area contributed by atoms with Crippen molar-refractivity contribution >= 4 is 0 Å². The molecule has 0 aromatic carbocycles. The van der Waals surface area contributed by atoms with Crippen molar-refractivity contribution in [3.8, 4) is 0 Å². The van der Waals surface area contributed by atoms with E-state index in [4.69, 9.17) is 4.52 Å². The molecule has 2 aromatic heterocycles. The van der Waals surface area contributed by atoms with E-state index in [2.05, 4.69) is 42.5 Å². The van der Waals surface area contributed by atoms with Crippen molar-refractivity contribution < 1.29 is 9.05 Å².